The highest BCUT2D eigenvalue weighted by atomic mass is 79.9. The van der Waals surface area contributed by atoms with Gasteiger partial charge in [-0.25, -0.2) is 0 Å². The molecule has 0 aliphatic heterocycles. The molecule has 0 N–H and O–H groups in total. The summed E-state index contributed by atoms with van der Waals surface area (Å²) in [5.41, 5.74) is 0. The number of halogens is 1. The zero-order chi connectivity index (χ0) is 5.11. The van der Waals surface area contributed by atoms with Crippen molar-refractivity contribution in [1.29, 1.82) is 0 Å². The molecule has 0 radical (unpaired) electrons. The average molecular weight is 189 g/mol. The van der Waals surface area contributed by atoms with E-state index in [0.29, 0.717) is 0 Å². The Hall–Kier alpha value is 1.25. The molecule has 0 nitrogen and oxygen atoms in total. The Balaban J connectivity index is 0.000000490. The van der Waals surface area contributed by atoms with Crippen molar-refractivity contribution in [2.45, 2.75) is 36.9 Å². The fourth-order valence-corrected chi connectivity index (χ4v) is 1.70. The summed E-state index contributed by atoms with van der Waals surface area (Å²) < 4.78 is 0. The summed E-state index contributed by atoms with van der Waals surface area (Å²) in [6.45, 7) is 0. The van der Waals surface area contributed by atoms with Crippen LogP contribution in [0.3, 0.4) is 0 Å². The summed E-state index contributed by atoms with van der Waals surface area (Å²) in [4.78, 5) is 0.848. The van der Waals surface area contributed by atoms with E-state index >= 15 is 0 Å². The number of hydrogen-bond acceptors (Lipinski definition) is 0. The van der Waals surface area contributed by atoms with Gasteiger partial charge in [0, 0.05) is 4.83 Å². The highest BCUT2D eigenvalue weighted by Crippen LogP contribution is 2.22. The van der Waals surface area contributed by atoms with E-state index in [1.54, 1.807) is 0 Å². The van der Waals surface area contributed by atoms with Crippen LogP contribution in [0.5, 0.6) is 0 Å². The van der Waals surface area contributed by atoms with Crippen LogP contribution in [-0.4, -0.2) is 27.9 Å². The van der Waals surface area contributed by atoms with Gasteiger partial charge in [-0.15, -0.1) is 0 Å². The third-order valence-electron chi connectivity index (χ3n) is 1.53. The van der Waals surface area contributed by atoms with Crippen molar-refractivity contribution in [1.82, 2.24) is 0 Å². The molecular formula is C6H13BrMg. The summed E-state index contributed by atoms with van der Waals surface area (Å²) >= 11 is 3.59. The van der Waals surface area contributed by atoms with Crippen LogP contribution in [0.4, 0.5) is 0 Å². The van der Waals surface area contributed by atoms with Gasteiger partial charge < -0.3 is 0 Å². The molecular weight excluding hydrogens is 176 g/mol. The molecule has 0 spiro atoms. The summed E-state index contributed by atoms with van der Waals surface area (Å²) in [6, 6.07) is 0. The van der Waals surface area contributed by atoms with Crippen molar-refractivity contribution in [2.75, 3.05) is 0 Å². The molecule has 1 aliphatic rings. The van der Waals surface area contributed by atoms with Gasteiger partial charge in [-0.1, -0.05) is 35.2 Å². The molecule has 0 aromatic carbocycles. The van der Waals surface area contributed by atoms with Crippen molar-refractivity contribution in [2.24, 2.45) is 0 Å². The van der Waals surface area contributed by atoms with Gasteiger partial charge in [-0.2, -0.15) is 0 Å². The standard InChI is InChI=1S/C6H11Br.Mg.2H/c7-6-4-2-1-3-5-6;;;/h6H,1-5H2;;;. The van der Waals surface area contributed by atoms with Gasteiger partial charge in [0.2, 0.25) is 0 Å². The molecule has 2 heteroatoms. The van der Waals surface area contributed by atoms with E-state index in [-0.39, 0.29) is 23.1 Å². The molecule has 46 valence electrons. The summed E-state index contributed by atoms with van der Waals surface area (Å²) in [6.07, 6.45) is 7.15. The molecule has 0 saturated heterocycles. The van der Waals surface area contributed by atoms with Gasteiger partial charge in [0.25, 0.3) is 0 Å². The number of alkyl halides is 1. The van der Waals surface area contributed by atoms with E-state index in [1.165, 1.54) is 32.1 Å². The van der Waals surface area contributed by atoms with Crippen molar-refractivity contribution in [3.63, 3.8) is 0 Å². The first-order chi connectivity index (χ1) is 3.39. The lowest BCUT2D eigenvalue weighted by atomic mass is 10.0. The predicted octanol–water partition coefficient (Wildman–Crippen LogP) is 1.80. The summed E-state index contributed by atoms with van der Waals surface area (Å²) in [7, 11) is 0. The minimum Gasteiger partial charge on any atom is -0.0891 e. The molecule has 0 heterocycles. The molecule has 0 unspecified atom stereocenters. The van der Waals surface area contributed by atoms with E-state index in [0.717, 1.165) is 4.83 Å². The molecule has 1 rings (SSSR count). The first-order valence-corrected chi connectivity index (χ1v) is 3.95. The summed E-state index contributed by atoms with van der Waals surface area (Å²) in [5.74, 6) is 0. The van der Waals surface area contributed by atoms with Gasteiger partial charge in [-0.3, -0.25) is 0 Å². The Morgan fingerprint density at radius 3 is 1.75 bits per heavy atom. The van der Waals surface area contributed by atoms with Crippen LogP contribution >= 0.6 is 15.9 Å². The first kappa shape index (κ1) is 9.25. The monoisotopic (exact) mass is 188 g/mol. The third kappa shape index (κ3) is 3.31. The molecule has 1 aliphatic carbocycles. The Bertz CT molecular complexity index is 50.5. The van der Waals surface area contributed by atoms with Crippen LogP contribution < -0.4 is 0 Å². The predicted molar refractivity (Wildman–Crippen MR) is 44.3 cm³/mol. The Kier molecular flexibility index (Phi) is 5.85. The first-order valence-electron chi connectivity index (χ1n) is 3.03. The van der Waals surface area contributed by atoms with Gasteiger partial charge in [0.1, 0.15) is 0 Å². The second-order valence-electron chi connectivity index (χ2n) is 2.24. The highest BCUT2D eigenvalue weighted by molar-refractivity contribution is 9.09. The van der Waals surface area contributed by atoms with Crippen molar-refractivity contribution in [3.8, 4) is 0 Å². The molecule has 0 aromatic heterocycles. The maximum Gasteiger partial charge on any atom is 0.316 e. The van der Waals surface area contributed by atoms with E-state index in [9.17, 15) is 0 Å². The zero-order valence-corrected chi connectivity index (χ0v) is 6.08. The normalized spacial score (nSPS) is 22.1. The third-order valence-corrected chi connectivity index (χ3v) is 2.45. The van der Waals surface area contributed by atoms with E-state index in [2.05, 4.69) is 15.9 Å². The lowest BCUT2D eigenvalue weighted by Crippen LogP contribution is -2.02. The van der Waals surface area contributed by atoms with Crippen LogP contribution in [0.1, 0.15) is 32.1 Å². The fraction of sp³-hybridized carbons (Fsp3) is 1.00. The van der Waals surface area contributed by atoms with E-state index in [4.69, 9.17) is 0 Å². The van der Waals surface area contributed by atoms with E-state index in [1.807, 2.05) is 0 Å². The summed E-state index contributed by atoms with van der Waals surface area (Å²) in [5, 5.41) is 0. The minimum absolute atomic E-state index is 0. The van der Waals surface area contributed by atoms with Gasteiger partial charge >= 0.3 is 23.1 Å². The molecule has 1 fully saturated rings. The average Bonchev–Trinajstić information content (AvgIpc) is 1.69. The smallest absolute Gasteiger partial charge is 0.0891 e. The van der Waals surface area contributed by atoms with Crippen molar-refractivity contribution in [3.05, 3.63) is 0 Å². The molecule has 0 aromatic rings. The Labute approximate surface area is 75.7 Å². The maximum atomic E-state index is 3.59. The van der Waals surface area contributed by atoms with Crippen LogP contribution in [0, 0.1) is 0 Å². The van der Waals surface area contributed by atoms with Gasteiger partial charge in [0.15, 0.2) is 0 Å². The number of hydrogen-bond donors (Lipinski definition) is 0. The second-order valence-corrected chi connectivity index (χ2v) is 3.53. The maximum absolute atomic E-state index is 3.59. The van der Waals surface area contributed by atoms with Crippen molar-refractivity contribution < 1.29 is 0 Å². The van der Waals surface area contributed by atoms with Crippen LogP contribution in [0.2, 0.25) is 0 Å². The lowest BCUT2D eigenvalue weighted by Gasteiger charge is -2.13. The van der Waals surface area contributed by atoms with Crippen molar-refractivity contribution >= 4 is 39.0 Å². The molecule has 0 amide bonds. The van der Waals surface area contributed by atoms with Crippen LogP contribution in [0.15, 0.2) is 0 Å². The lowest BCUT2D eigenvalue weighted by molar-refractivity contribution is 0.521. The highest BCUT2D eigenvalue weighted by Gasteiger charge is 2.07. The molecule has 8 heavy (non-hydrogen) atoms. The second kappa shape index (κ2) is 5.06. The fourth-order valence-electron chi connectivity index (χ4n) is 1.05. The Morgan fingerprint density at radius 2 is 1.50 bits per heavy atom. The molecule has 1 saturated carbocycles. The van der Waals surface area contributed by atoms with Gasteiger partial charge in [-0.05, 0) is 12.8 Å². The largest absolute Gasteiger partial charge is 0.316 e. The molecule has 0 atom stereocenters. The van der Waals surface area contributed by atoms with Crippen LogP contribution in [-0.2, 0) is 0 Å². The topological polar surface area (TPSA) is 0 Å². The van der Waals surface area contributed by atoms with Crippen LogP contribution in [0.25, 0.3) is 0 Å². The minimum atomic E-state index is 0. The zero-order valence-electron chi connectivity index (χ0n) is 4.49. The quantitative estimate of drug-likeness (QED) is 0.403. The SMILES string of the molecule is BrC1CCCCC1.[MgH2]. The van der Waals surface area contributed by atoms with Gasteiger partial charge in [0.05, 0.1) is 0 Å². The Morgan fingerprint density at radius 1 is 1.00 bits per heavy atom. The van der Waals surface area contributed by atoms with E-state index < -0.39 is 0 Å². The molecule has 0 bridgehead atoms. The number of rotatable bonds is 0.